The van der Waals surface area contributed by atoms with Gasteiger partial charge in [-0.15, -0.1) is 0 Å². The minimum Gasteiger partial charge on any atom is -0.491 e. The summed E-state index contributed by atoms with van der Waals surface area (Å²) in [5.74, 6) is 0.430. The number of unbranched alkanes of at least 4 members (excludes halogenated alkanes) is 4. The summed E-state index contributed by atoms with van der Waals surface area (Å²) in [6.07, 6.45) is 5.11. The summed E-state index contributed by atoms with van der Waals surface area (Å²) in [6.45, 7) is 12.3. The lowest BCUT2D eigenvalue weighted by Gasteiger charge is -2.23. The first-order valence-corrected chi connectivity index (χ1v) is 11.5. The molecule has 2 rings (SSSR count). The van der Waals surface area contributed by atoms with Gasteiger partial charge in [-0.3, -0.25) is 9.69 Å². The highest BCUT2D eigenvalue weighted by Gasteiger charge is 2.47. The number of carbonyl (C=O) groups is 2. The normalized spacial score (nSPS) is 20.2. The zero-order valence-electron chi connectivity index (χ0n) is 20.1. The van der Waals surface area contributed by atoms with Gasteiger partial charge in [0.2, 0.25) is 0 Å². The monoisotopic (exact) mass is 432 g/mol. The standard InChI is InChI=1S/C25H40N2O4/c1-7-8-9-10-11-14-25(6)22(29)27(23(30)26-25)16-20(28)17-31-21-13-12-19(15-18(21)2)24(3,4)5/h12-13,15,20,28H,7-11,14,16-17H2,1-6H3,(H,26,30). The van der Waals surface area contributed by atoms with Crippen molar-refractivity contribution in [3.8, 4) is 5.75 Å². The highest BCUT2D eigenvalue weighted by Crippen LogP contribution is 2.28. The third kappa shape index (κ3) is 6.70. The van der Waals surface area contributed by atoms with Gasteiger partial charge in [-0.1, -0.05) is 71.9 Å². The molecule has 174 valence electrons. The smallest absolute Gasteiger partial charge is 0.325 e. The van der Waals surface area contributed by atoms with Gasteiger partial charge in [-0.05, 0) is 42.9 Å². The van der Waals surface area contributed by atoms with Crippen molar-refractivity contribution in [2.75, 3.05) is 13.2 Å². The molecule has 0 aromatic heterocycles. The van der Waals surface area contributed by atoms with Gasteiger partial charge in [0.05, 0.1) is 6.54 Å². The van der Waals surface area contributed by atoms with Crippen LogP contribution in [0.1, 0.15) is 84.3 Å². The van der Waals surface area contributed by atoms with E-state index in [1.807, 2.05) is 19.1 Å². The number of hydrogen-bond acceptors (Lipinski definition) is 4. The fraction of sp³-hybridized carbons (Fsp3) is 0.680. The number of carbonyl (C=O) groups excluding carboxylic acids is 2. The van der Waals surface area contributed by atoms with Gasteiger partial charge in [-0.2, -0.15) is 0 Å². The molecule has 1 aromatic carbocycles. The van der Waals surface area contributed by atoms with Crippen molar-refractivity contribution in [1.82, 2.24) is 10.2 Å². The molecule has 3 amide bonds. The van der Waals surface area contributed by atoms with E-state index in [-0.39, 0.29) is 24.5 Å². The van der Waals surface area contributed by atoms with Crippen molar-refractivity contribution < 1.29 is 19.4 Å². The number of ether oxygens (including phenoxy) is 1. The summed E-state index contributed by atoms with van der Waals surface area (Å²) < 4.78 is 5.78. The zero-order valence-corrected chi connectivity index (χ0v) is 20.1. The molecule has 1 heterocycles. The molecule has 2 unspecified atom stereocenters. The highest BCUT2D eigenvalue weighted by atomic mass is 16.5. The van der Waals surface area contributed by atoms with Crippen LogP contribution in [0.4, 0.5) is 4.79 Å². The summed E-state index contributed by atoms with van der Waals surface area (Å²) >= 11 is 0. The SMILES string of the molecule is CCCCCCCC1(C)NC(=O)N(CC(O)COc2ccc(C(C)(C)C)cc2C)C1=O. The minimum atomic E-state index is -0.955. The number of aryl methyl sites for hydroxylation is 1. The maximum Gasteiger partial charge on any atom is 0.325 e. The van der Waals surface area contributed by atoms with E-state index in [4.69, 9.17) is 4.74 Å². The molecule has 1 fully saturated rings. The van der Waals surface area contributed by atoms with Crippen LogP contribution in [-0.4, -0.2) is 46.7 Å². The molecule has 1 aliphatic heterocycles. The second-order valence-electron chi connectivity index (χ2n) is 10.0. The predicted octanol–water partition coefficient (Wildman–Crippen LogP) is 4.70. The number of benzene rings is 1. The second kappa shape index (κ2) is 10.5. The lowest BCUT2D eigenvalue weighted by molar-refractivity contribution is -0.132. The van der Waals surface area contributed by atoms with Crippen LogP contribution in [-0.2, 0) is 10.2 Å². The molecule has 0 aliphatic carbocycles. The van der Waals surface area contributed by atoms with Crippen molar-refractivity contribution >= 4 is 11.9 Å². The van der Waals surface area contributed by atoms with Crippen molar-refractivity contribution in [3.05, 3.63) is 29.3 Å². The number of aliphatic hydroxyl groups is 1. The van der Waals surface area contributed by atoms with Gasteiger partial charge in [0, 0.05) is 0 Å². The lowest BCUT2D eigenvalue weighted by atomic mass is 9.86. The van der Waals surface area contributed by atoms with Crippen LogP contribution in [0.2, 0.25) is 0 Å². The van der Waals surface area contributed by atoms with E-state index in [2.05, 4.69) is 39.1 Å². The van der Waals surface area contributed by atoms with E-state index in [0.29, 0.717) is 12.2 Å². The average Bonchev–Trinajstić information content (AvgIpc) is 2.89. The third-order valence-electron chi connectivity index (χ3n) is 5.99. The Hall–Kier alpha value is -2.08. The average molecular weight is 433 g/mol. The Bertz CT molecular complexity index is 771. The molecule has 0 radical (unpaired) electrons. The number of nitrogens with zero attached hydrogens (tertiary/aromatic N) is 1. The molecular formula is C25H40N2O4. The fourth-order valence-corrected chi connectivity index (χ4v) is 3.89. The molecule has 0 saturated carbocycles. The Kier molecular flexibility index (Phi) is 8.52. The van der Waals surface area contributed by atoms with E-state index in [1.54, 1.807) is 6.92 Å². The molecule has 6 heteroatoms. The molecule has 1 aliphatic rings. The molecule has 1 aromatic rings. The second-order valence-corrected chi connectivity index (χ2v) is 10.0. The molecule has 0 bridgehead atoms. The number of imide groups is 1. The van der Waals surface area contributed by atoms with Crippen LogP contribution >= 0.6 is 0 Å². The van der Waals surface area contributed by atoms with Gasteiger partial charge in [0.25, 0.3) is 5.91 Å². The number of rotatable bonds is 11. The summed E-state index contributed by atoms with van der Waals surface area (Å²) in [7, 11) is 0. The number of amides is 3. The van der Waals surface area contributed by atoms with E-state index < -0.39 is 17.7 Å². The van der Waals surface area contributed by atoms with Gasteiger partial charge in [0.1, 0.15) is 24.0 Å². The summed E-state index contributed by atoms with van der Waals surface area (Å²) in [6, 6.07) is 5.58. The third-order valence-corrected chi connectivity index (χ3v) is 5.99. The zero-order chi connectivity index (χ0) is 23.2. The minimum absolute atomic E-state index is 0.0144. The van der Waals surface area contributed by atoms with Gasteiger partial charge < -0.3 is 15.2 Å². The summed E-state index contributed by atoms with van der Waals surface area (Å²) in [4.78, 5) is 26.3. The summed E-state index contributed by atoms with van der Waals surface area (Å²) in [5, 5.41) is 13.2. The van der Waals surface area contributed by atoms with Crippen LogP contribution in [0.3, 0.4) is 0 Å². The van der Waals surface area contributed by atoms with Crippen LogP contribution in [0.5, 0.6) is 5.75 Å². The van der Waals surface area contributed by atoms with Crippen LogP contribution < -0.4 is 10.1 Å². The van der Waals surface area contributed by atoms with Crippen molar-refractivity contribution in [1.29, 1.82) is 0 Å². The Balaban J connectivity index is 1.88. The first-order chi connectivity index (χ1) is 14.5. The van der Waals surface area contributed by atoms with Crippen LogP contribution in [0, 0.1) is 6.92 Å². The molecule has 2 atom stereocenters. The van der Waals surface area contributed by atoms with E-state index in [9.17, 15) is 14.7 Å². The first-order valence-electron chi connectivity index (χ1n) is 11.5. The van der Waals surface area contributed by atoms with Crippen molar-refractivity contribution in [2.45, 2.75) is 97.1 Å². The molecule has 1 saturated heterocycles. The van der Waals surface area contributed by atoms with Gasteiger partial charge in [0.15, 0.2) is 0 Å². The van der Waals surface area contributed by atoms with Crippen LogP contribution in [0.15, 0.2) is 18.2 Å². The Labute approximate surface area is 187 Å². The largest absolute Gasteiger partial charge is 0.491 e. The topological polar surface area (TPSA) is 78.9 Å². The molecule has 0 spiro atoms. The number of β-amino-alcohol motifs (C(OH)–C–C–N with tert-alkyl or cyclic N) is 1. The molecular weight excluding hydrogens is 392 g/mol. The van der Waals surface area contributed by atoms with Crippen molar-refractivity contribution in [3.63, 3.8) is 0 Å². The van der Waals surface area contributed by atoms with E-state index in [1.165, 1.54) is 18.4 Å². The van der Waals surface area contributed by atoms with E-state index >= 15 is 0 Å². The van der Waals surface area contributed by atoms with Crippen LogP contribution in [0.25, 0.3) is 0 Å². The van der Waals surface area contributed by atoms with Gasteiger partial charge >= 0.3 is 6.03 Å². The maximum atomic E-state index is 12.8. The highest BCUT2D eigenvalue weighted by molar-refractivity contribution is 6.06. The molecule has 2 N–H and O–H groups in total. The summed E-state index contributed by atoms with van der Waals surface area (Å²) in [5.41, 5.74) is 1.37. The Morgan fingerprint density at radius 1 is 1.16 bits per heavy atom. The fourth-order valence-electron chi connectivity index (χ4n) is 3.89. The first kappa shape index (κ1) is 25.2. The Morgan fingerprint density at radius 2 is 1.84 bits per heavy atom. The van der Waals surface area contributed by atoms with Gasteiger partial charge in [-0.25, -0.2) is 4.79 Å². The number of urea groups is 1. The molecule has 31 heavy (non-hydrogen) atoms. The van der Waals surface area contributed by atoms with Crippen molar-refractivity contribution in [2.24, 2.45) is 0 Å². The Morgan fingerprint density at radius 3 is 2.45 bits per heavy atom. The number of nitrogens with one attached hydrogen (secondary N) is 1. The predicted molar refractivity (Wildman–Crippen MR) is 123 cm³/mol. The molecule has 6 nitrogen and oxygen atoms in total. The number of aliphatic hydroxyl groups excluding tert-OH is 1. The lowest BCUT2D eigenvalue weighted by Crippen LogP contribution is -2.45. The van der Waals surface area contributed by atoms with E-state index in [0.717, 1.165) is 29.7 Å². The number of hydrogen-bond donors (Lipinski definition) is 2. The maximum absolute atomic E-state index is 12.8. The quantitative estimate of drug-likeness (QED) is 0.392.